The summed E-state index contributed by atoms with van der Waals surface area (Å²) in [5.74, 6) is -0.330. The minimum absolute atomic E-state index is 0.0228. The number of rotatable bonds is 5. The maximum atomic E-state index is 13.3. The molecule has 0 aliphatic carbocycles. The molecule has 5 heteroatoms. The molecule has 2 N–H and O–H groups in total. The van der Waals surface area contributed by atoms with Crippen molar-refractivity contribution in [3.8, 4) is 0 Å². The molecular weight excluding hydrogens is 264 g/mol. The smallest absolute Gasteiger partial charge is 0.142 e. The molecule has 0 aliphatic heterocycles. The standard InChI is InChI=1S/C12H16Cl2FNO/c1-7(6-17)5-16-8(2)9-3-12(15)11(14)4-10(9)13/h3-4,7-8,16-17H,5-6H2,1-2H3. The van der Waals surface area contributed by atoms with Crippen LogP contribution in [0.1, 0.15) is 25.5 Å². The summed E-state index contributed by atoms with van der Waals surface area (Å²) in [5, 5.41) is 12.6. The molecule has 0 saturated carbocycles. The minimum Gasteiger partial charge on any atom is -0.396 e. The Bertz CT molecular complexity index is 387. The van der Waals surface area contributed by atoms with Crippen LogP contribution in [0.2, 0.25) is 10.0 Å². The lowest BCUT2D eigenvalue weighted by Crippen LogP contribution is -2.26. The first-order valence-corrected chi connectivity index (χ1v) is 6.20. The number of benzene rings is 1. The molecule has 2 atom stereocenters. The molecule has 0 fully saturated rings. The van der Waals surface area contributed by atoms with E-state index in [2.05, 4.69) is 5.32 Å². The zero-order valence-corrected chi connectivity index (χ0v) is 11.3. The molecule has 0 saturated heterocycles. The van der Waals surface area contributed by atoms with Crippen LogP contribution in [0.15, 0.2) is 12.1 Å². The van der Waals surface area contributed by atoms with E-state index in [-0.39, 0.29) is 23.6 Å². The molecular formula is C12H16Cl2FNO. The minimum atomic E-state index is -0.477. The molecule has 1 rings (SSSR count). The number of aliphatic hydroxyl groups excluding tert-OH is 1. The molecule has 0 spiro atoms. The Balaban J connectivity index is 2.75. The predicted octanol–water partition coefficient (Wildman–Crippen LogP) is 3.41. The fraction of sp³-hybridized carbons (Fsp3) is 0.500. The molecule has 0 aliphatic rings. The highest BCUT2D eigenvalue weighted by Gasteiger charge is 2.13. The van der Waals surface area contributed by atoms with Crippen molar-refractivity contribution in [3.63, 3.8) is 0 Å². The van der Waals surface area contributed by atoms with Gasteiger partial charge in [0.2, 0.25) is 0 Å². The van der Waals surface area contributed by atoms with Gasteiger partial charge in [0, 0.05) is 24.2 Å². The lowest BCUT2D eigenvalue weighted by molar-refractivity contribution is 0.231. The summed E-state index contributed by atoms with van der Waals surface area (Å²) in [6, 6.07) is 2.65. The second-order valence-corrected chi connectivity index (χ2v) is 5.02. The molecule has 1 aromatic rings. The third kappa shape index (κ3) is 4.11. The normalized spacial score (nSPS) is 14.7. The van der Waals surface area contributed by atoms with Crippen molar-refractivity contribution in [3.05, 3.63) is 33.6 Å². The Morgan fingerprint density at radius 3 is 2.53 bits per heavy atom. The molecule has 0 amide bonds. The van der Waals surface area contributed by atoms with Crippen LogP contribution in [0.5, 0.6) is 0 Å². The summed E-state index contributed by atoms with van der Waals surface area (Å²) in [4.78, 5) is 0. The van der Waals surface area contributed by atoms with Crippen molar-refractivity contribution in [2.75, 3.05) is 13.2 Å². The first kappa shape index (κ1) is 14.7. The second-order valence-electron chi connectivity index (χ2n) is 4.21. The molecule has 1 aromatic carbocycles. The largest absolute Gasteiger partial charge is 0.396 e. The Labute approximate surface area is 111 Å². The topological polar surface area (TPSA) is 32.3 Å². The molecule has 2 unspecified atom stereocenters. The van der Waals surface area contributed by atoms with Gasteiger partial charge >= 0.3 is 0 Å². The zero-order chi connectivity index (χ0) is 13.0. The first-order chi connectivity index (χ1) is 7.95. The Kier molecular flexibility index (Phi) is 5.67. The fourth-order valence-corrected chi connectivity index (χ4v) is 1.97. The average Bonchev–Trinajstić information content (AvgIpc) is 2.30. The Morgan fingerprint density at radius 2 is 1.94 bits per heavy atom. The second kappa shape index (κ2) is 6.55. The molecule has 2 nitrogen and oxygen atoms in total. The van der Waals surface area contributed by atoms with E-state index in [9.17, 15) is 4.39 Å². The highest BCUT2D eigenvalue weighted by Crippen LogP contribution is 2.28. The quantitative estimate of drug-likeness (QED) is 0.810. The molecule has 0 radical (unpaired) electrons. The van der Waals surface area contributed by atoms with Crippen molar-refractivity contribution in [2.45, 2.75) is 19.9 Å². The third-order valence-electron chi connectivity index (χ3n) is 2.59. The summed E-state index contributed by atoms with van der Waals surface area (Å²) in [7, 11) is 0. The van der Waals surface area contributed by atoms with Crippen molar-refractivity contribution >= 4 is 23.2 Å². The van der Waals surface area contributed by atoms with Crippen molar-refractivity contribution in [2.24, 2.45) is 5.92 Å². The van der Waals surface area contributed by atoms with Crippen LogP contribution in [-0.4, -0.2) is 18.3 Å². The average molecular weight is 280 g/mol. The van der Waals surface area contributed by atoms with Gasteiger partial charge in [0.15, 0.2) is 0 Å². The highest BCUT2D eigenvalue weighted by atomic mass is 35.5. The molecule has 96 valence electrons. The van der Waals surface area contributed by atoms with E-state index in [0.29, 0.717) is 17.1 Å². The van der Waals surface area contributed by atoms with Crippen LogP contribution in [0.4, 0.5) is 4.39 Å². The van der Waals surface area contributed by atoms with Crippen molar-refractivity contribution in [1.29, 1.82) is 0 Å². The van der Waals surface area contributed by atoms with Gasteiger partial charge in [0.05, 0.1) is 5.02 Å². The fourth-order valence-electron chi connectivity index (χ4n) is 1.42. The first-order valence-electron chi connectivity index (χ1n) is 5.44. The maximum Gasteiger partial charge on any atom is 0.142 e. The number of aliphatic hydroxyl groups is 1. The van der Waals surface area contributed by atoms with Crippen LogP contribution in [0.3, 0.4) is 0 Å². The monoisotopic (exact) mass is 279 g/mol. The Hall–Kier alpha value is -0.350. The van der Waals surface area contributed by atoms with E-state index in [4.69, 9.17) is 28.3 Å². The summed E-state index contributed by atoms with van der Waals surface area (Å²) in [6.45, 7) is 4.56. The van der Waals surface area contributed by atoms with Gasteiger partial charge < -0.3 is 10.4 Å². The number of hydrogen-bond acceptors (Lipinski definition) is 2. The van der Waals surface area contributed by atoms with Crippen LogP contribution >= 0.6 is 23.2 Å². The van der Waals surface area contributed by atoms with Gasteiger partial charge in [-0.25, -0.2) is 4.39 Å². The molecule has 17 heavy (non-hydrogen) atoms. The van der Waals surface area contributed by atoms with E-state index in [1.807, 2.05) is 13.8 Å². The van der Waals surface area contributed by atoms with Crippen LogP contribution in [0, 0.1) is 11.7 Å². The van der Waals surface area contributed by atoms with E-state index in [1.165, 1.54) is 12.1 Å². The SMILES string of the molecule is CC(CO)CNC(C)c1cc(F)c(Cl)cc1Cl. The van der Waals surface area contributed by atoms with Gasteiger partial charge in [-0.3, -0.25) is 0 Å². The van der Waals surface area contributed by atoms with Gasteiger partial charge in [0.1, 0.15) is 5.82 Å². The van der Waals surface area contributed by atoms with Crippen molar-refractivity contribution in [1.82, 2.24) is 5.32 Å². The van der Waals surface area contributed by atoms with Gasteiger partial charge in [-0.1, -0.05) is 30.1 Å². The highest BCUT2D eigenvalue weighted by molar-refractivity contribution is 6.35. The number of hydrogen-bond donors (Lipinski definition) is 2. The van der Waals surface area contributed by atoms with E-state index >= 15 is 0 Å². The van der Waals surface area contributed by atoms with E-state index < -0.39 is 5.82 Å². The van der Waals surface area contributed by atoms with Gasteiger partial charge in [-0.05, 0) is 30.5 Å². The van der Waals surface area contributed by atoms with E-state index in [1.54, 1.807) is 0 Å². The summed E-state index contributed by atoms with van der Waals surface area (Å²) in [5.41, 5.74) is 0.665. The predicted molar refractivity (Wildman–Crippen MR) is 69.1 cm³/mol. The van der Waals surface area contributed by atoms with Crippen LogP contribution in [-0.2, 0) is 0 Å². The summed E-state index contributed by atoms with van der Waals surface area (Å²) >= 11 is 11.6. The van der Waals surface area contributed by atoms with Gasteiger partial charge in [-0.2, -0.15) is 0 Å². The number of halogens is 3. The van der Waals surface area contributed by atoms with Gasteiger partial charge in [0.25, 0.3) is 0 Å². The maximum absolute atomic E-state index is 13.3. The lowest BCUT2D eigenvalue weighted by Gasteiger charge is -2.18. The van der Waals surface area contributed by atoms with Crippen LogP contribution in [0.25, 0.3) is 0 Å². The molecule has 0 aromatic heterocycles. The lowest BCUT2D eigenvalue weighted by atomic mass is 10.1. The summed E-state index contributed by atoms with van der Waals surface area (Å²) < 4.78 is 13.3. The zero-order valence-electron chi connectivity index (χ0n) is 9.80. The molecule has 0 bridgehead atoms. The van der Waals surface area contributed by atoms with Crippen LogP contribution < -0.4 is 5.32 Å². The third-order valence-corrected chi connectivity index (χ3v) is 3.21. The van der Waals surface area contributed by atoms with E-state index in [0.717, 1.165) is 0 Å². The summed E-state index contributed by atoms with van der Waals surface area (Å²) in [6.07, 6.45) is 0. The molecule has 0 heterocycles. The van der Waals surface area contributed by atoms with Crippen molar-refractivity contribution < 1.29 is 9.50 Å². The number of nitrogens with one attached hydrogen (secondary N) is 1. The Morgan fingerprint density at radius 1 is 1.29 bits per heavy atom. The van der Waals surface area contributed by atoms with Gasteiger partial charge in [-0.15, -0.1) is 0 Å².